The van der Waals surface area contributed by atoms with Gasteiger partial charge in [0.05, 0.1) is 17.6 Å². The molecule has 2 rings (SSSR count). The normalized spacial score (nSPS) is 15.7. The van der Waals surface area contributed by atoms with E-state index in [9.17, 15) is 4.79 Å². The summed E-state index contributed by atoms with van der Waals surface area (Å²) in [5.41, 5.74) is 7.06. The van der Waals surface area contributed by atoms with Crippen LogP contribution in [0.25, 0.3) is 0 Å². The monoisotopic (exact) mass is 234 g/mol. The van der Waals surface area contributed by atoms with Crippen LogP contribution >= 0.6 is 0 Å². The second kappa shape index (κ2) is 5.03. The third kappa shape index (κ3) is 2.49. The molecule has 2 heterocycles. The molecule has 2 N–H and O–H groups in total. The molecule has 1 aromatic rings. The van der Waals surface area contributed by atoms with E-state index in [-0.39, 0.29) is 6.03 Å². The molecule has 1 fully saturated rings. The molecule has 17 heavy (non-hydrogen) atoms. The Balaban J connectivity index is 2.11. The van der Waals surface area contributed by atoms with Crippen LogP contribution in [0.5, 0.6) is 0 Å². The van der Waals surface area contributed by atoms with Gasteiger partial charge in [-0.1, -0.05) is 0 Å². The van der Waals surface area contributed by atoms with Crippen LogP contribution < -0.4 is 10.6 Å². The van der Waals surface area contributed by atoms with Crippen molar-refractivity contribution in [2.45, 2.75) is 19.3 Å². The van der Waals surface area contributed by atoms with Crippen LogP contribution in [0.3, 0.4) is 0 Å². The Labute approximate surface area is 101 Å². The fourth-order valence-electron chi connectivity index (χ4n) is 2.11. The van der Waals surface area contributed by atoms with E-state index in [2.05, 4.69) is 4.98 Å². The molecule has 5 heteroatoms. The summed E-state index contributed by atoms with van der Waals surface area (Å²) in [6, 6.07) is 1.78. The van der Waals surface area contributed by atoms with Gasteiger partial charge in [-0.25, -0.2) is 4.79 Å². The molecule has 0 aliphatic carbocycles. The van der Waals surface area contributed by atoms with Crippen molar-refractivity contribution in [2.75, 3.05) is 30.8 Å². The van der Waals surface area contributed by atoms with Crippen LogP contribution in [0.15, 0.2) is 18.5 Å². The third-order valence-corrected chi connectivity index (χ3v) is 3.10. The average Bonchev–Trinajstić information content (AvgIpc) is 2.39. The van der Waals surface area contributed by atoms with Gasteiger partial charge in [0, 0.05) is 26.3 Å². The minimum atomic E-state index is 0.0163. The Morgan fingerprint density at radius 1 is 1.41 bits per heavy atom. The molecule has 1 aliphatic rings. The zero-order valence-corrected chi connectivity index (χ0v) is 10.1. The maximum atomic E-state index is 12.2. The number of likely N-dealkylation sites (tertiary alicyclic amines) is 1. The molecule has 2 amide bonds. The highest BCUT2D eigenvalue weighted by Gasteiger charge is 2.21. The quantitative estimate of drug-likeness (QED) is 0.804. The van der Waals surface area contributed by atoms with Crippen molar-refractivity contribution >= 4 is 17.4 Å². The average molecular weight is 234 g/mol. The van der Waals surface area contributed by atoms with Crippen molar-refractivity contribution in [3.8, 4) is 0 Å². The molecule has 0 bridgehead atoms. The maximum absolute atomic E-state index is 12.2. The van der Waals surface area contributed by atoms with Gasteiger partial charge in [0.25, 0.3) is 0 Å². The van der Waals surface area contributed by atoms with Crippen LogP contribution in [-0.2, 0) is 0 Å². The van der Waals surface area contributed by atoms with E-state index in [0.29, 0.717) is 5.69 Å². The number of piperidine rings is 1. The number of hydrogen-bond acceptors (Lipinski definition) is 3. The second-order valence-electron chi connectivity index (χ2n) is 4.32. The number of carbonyl (C=O) groups excluding carboxylic acids is 1. The number of nitrogens with zero attached hydrogens (tertiary/aromatic N) is 3. The lowest BCUT2D eigenvalue weighted by Gasteiger charge is -2.31. The molecular formula is C12H18N4O. The second-order valence-corrected chi connectivity index (χ2v) is 4.32. The van der Waals surface area contributed by atoms with Crippen LogP contribution in [0.2, 0.25) is 0 Å². The van der Waals surface area contributed by atoms with E-state index in [1.54, 1.807) is 30.4 Å². The Hall–Kier alpha value is -1.78. The van der Waals surface area contributed by atoms with Gasteiger partial charge in [0.2, 0.25) is 0 Å². The number of nitrogens with two attached hydrogens (primary N) is 1. The first-order valence-corrected chi connectivity index (χ1v) is 5.92. The minimum Gasteiger partial charge on any atom is -0.396 e. The summed E-state index contributed by atoms with van der Waals surface area (Å²) in [7, 11) is 1.75. The van der Waals surface area contributed by atoms with E-state index >= 15 is 0 Å². The van der Waals surface area contributed by atoms with Gasteiger partial charge in [0.15, 0.2) is 0 Å². The summed E-state index contributed by atoms with van der Waals surface area (Å²) < 4.78 is 0. The molecule has 0 radical (unpaired) electrons. The molecule has 0 spiro atoms. The van der Waals surface area contributed by atoms with E-state index < -0.39 is 0 Å². The Morgan fingerprint density at radius 2 is 2.12 bits per heavy atom. The first kappa shape index (κ1) is 11.7. The van der Waals surface area contributed by atoms with Crippen molar-refractivity contribution in [1.29, 1.82) is 0 Å². The van der Waals surface area contributed by atoms with Crippen molar-refractivity contribution in [2.24, 2.45) is 0 Å². The number of amides is 2. The fraction of sp³-hybridized carbons (Fsp3) is 0.500. The molecule has 0 atom stereocenters. The van der Waals surface area contributed by atoms with Crippen molar-refractivity contribution in [3.63, 3.8) is 0 Å². The summed E-state index contributed by atoms with van der Waals surface area (Å²) >= 11 is 0. The van der Waals surface area contributed by atoms with Gasteiger partial charge in [-0.3, -0.25) is 9.88 Å². The number of nitrogen functional groups attached to an aromatic ring is 1. The molecular weight excluding hydrogens is 216 g/mol. The summed E-state index contributed by atoms with van der Waals surface area (Å²) in [4.78, 5) is 19.6. The highest BCUT2D eigenvalue weighted by molar-refractivity contribution is 5.94. The first-order valence-electron chi connectivity index (χ1n) is 5.92. The van der Waals surface area contributed by atoms with Crippen molar-refractivity contribution in [1.82, 2.24) is 9.88 Å². The van der Waals surface area contributed by atoms with Crippen LogP contribution in [0.4, 0.5) is 16.2 Å². The predicted octanol–water partition coefficient (Wildman–Crippen LogP) is 1.71. The van der Waals surface area contributed by atoms with Crippen molar-refractivity contribution in [3.05, 3.63) is 18.5 Å². The molecule has 0 unspecified atom stereocenters. The Kier molecular flexibility index (Phi) is 3.46. The van der Waals surface area contributed by atoms with Gasteiger partial charge in [0.1, 0.15) is 0 Å². The third-order valence-electron chi connectivity index (χ3n) is 3.10. The zero-order chi connectivity index (χ0) is 12.3. The summed E-state index contributed by atoms with van der Waals surface area (Å²) in [6.45, 7) is 1.68. The number of urea groups is 1. The summed E-state index contributed by atoms with van der Waals surface area (Å²) in [6.07, 6.45) is 6.60. The highest BCUT2D eigenvalue weighted by atomic mass is 16.2. The molecule has 1 saturated heterocycles. The molecule has 92 valence electrons. The fourth-order valence-corrected chi connectivity index (χ4v) is 2.11. The number of rotatable bonds is 1. The van der Waals surface area contributed by atoms with Crippen LogP contribution in [0.1, 0.15) is 19.3 Å². The molecule has 5 nitrogen and oxygen atoms in total. The molecule has 1 aromatic heterocycles. The Bertz CT molecular complexity index is 401. The number of pyridine rings is 1. The van der Waals surface area contributed by atoms with E-state index in [1.165, 1.54) is 6.42 Å². The van der Waals surface area contributed by atoms with Gasteiger partial charge in [-0.05, 0) is 25.3 Å². The van der Waals surface area contributed by atoms with E-state index in [1.807, 2.05) is 4.90 Å². The summed E-state index contributed by atoms with van der Waals surface area (Å²) in [5, 5.41) is 0. The SMILES string of the molecule is CN(C(=O)N1CCCCC1)c1ccncc1N. The van der Waals surface area contributed by atoms with Gasteiger partial charge in [-0.15, -0.1) is 0 Å². The smallest absolute Gasteiger partial charge is 0.324 e. The van der Waals surface area contributed by atoms with E-state index in [4.69, 9.17) is 5.73 Å². The number of hydrogen-bond donors (Lipinski definition) is 1. The highest BCUT2D eigenvalue weighted by Crippen LogP contribution is 2.22. The lowest BCUT2D eigenvalue weighted by Crippen LogP contribution is -2.44. The lowest BCUT2D eigenvalue weighted by molar-refractivity contribution is 0.194. The summed E-state index contributed by atoms with van der Waals surface area (Å²) in [5.74, 6) is 0. The largest absolute Gasteiger partial charge is 0.396 e. The number of carbonyl (C=O) groups is 1. The molecule has 0 saturated carbocycles. The molecule has 1 aliphatic heterocycles. The zero-order valence-electron chi connectivity index (χ0n) is 10.1. The molecule has 0 aromatic carbocycles. The van der Waals surface area contributed by atoms with E-state index in [0.717, 1.165) is 31.6 Å². The van der Waals surface area contributed by atoms with Crippen LogP contribution in [-0.4, -0.2) is 36.1 Å². The maximum Gasteiger partial charge on any atom is 0.324 e. The standard InChI is InChI=1S/C12H18N4O/c1-15(11-5-6-14-9-10(11)13)12(17)16-7-3-2-4-8-16/h5-6,9H,2-4,7-8,13H2,1H3. The van der Waals surface area contributed by atoms with Crippen molar-refractivity contribution < 1.29 is 4.79 Å². The van der Waals surface area contributed by atoms with Gasteiger partial charge < -0.3 is 10.6 Å². The van der Waals surface area contributed by atoms with Gasteiger partial charge in [-0.2, -0.15) is 0 Å². The number of anilines is 2. The lowest BCUT2D eigenvalue weighted by atomic mass is 10.1. The van der Waals surface area contributed by atoms with Crippen LogP contribution in [0, 0.1) is 0 Å². The number of aromatic nitrogens is 1. The Morgan fingerprint density at radius 3 is 2.76 bits per heavy atom. The topological polar surface area (TPSA) is 62.5 Å². The first-order chi connectivity index (χ1) is 8.20. The minimum absolute atomic E-state index is 0.0163. The van der Waals surface area contributed by atoms with Gasteiger partial charge >= 0.3 is 6.03 Å². The predicted molar refractivity (Wildman–Crippen MR) is 67.9 cm³/mol.